The van der Waals surface area contributed by atoms with E-state index in [1.165, 1.54) is 16.5 Å². The maximum Gasteiger partial charge on any atom is 0.116 e. The van der Waals surface area contributed by atoms with Crippen LogP contribution in [-0.4, -0.2) is 15.4 Å². The summed E-state index contributed by atoms with van der Waals surface area (Å²) < 4.78 is 2.24. The highest BCUT2D eigenvalue weighted by atomic mass is 32.2. The van der Waals surface area contributed by atoms with E-state index in [9.17, 15) is 5.11 Å². The molecule has 16 heavy (non-hydrogen) atoms. The lowest BCUT2D eigenvalue weighted by atomic mass is 10.2. The fraction of sp³-hybridized carbons (Fsp3) is 0.385. The van der Waals surface area contributed by atoms with E-state index in [-0.39, 0.29) is 0 Å². The third-order valence-electron chi connectivity index (χ3n) is 2.75. The van der Waals surface area contributed by atoms with Crippen molar-refractivity contribution >= 4 is 22.7 Å². The second-order valence-electron chi connectivity index (χ2n) is 3.78. The number of aryl methyl sites for hydroxylation is 1. The summed E-state index contributed by atoms with van der Waals surface area (Å²) in [5.41, 5.74) is 2.53. The summed E-state index contributed by atoms with van der Waals surface area (Å²) in [5.74, 6) is 2.49. The number of aromatic hydroxyl groups is 1. The van der Waals surface area contributed by atoms with Crippen LogP contribution in [-0.2, 0) is 12.3 Å². The van der Waals surface area contributed by atoms with Gasteiger partial charge in [0.05, 0.1) is 0 Å². The molecule has 1 heterocycles. The first-order chi connectivity index (χ1) is 7.76. The van der Waals surface area contributed by atoms with Crippen LogP contribution in [0.5, 0.6) is 5.75 Å². The van der Waals surface area contributed by atoms with E-state index < -0.39 is 0 Å². The molecule has 0 saturated heterocycles. The fourth-order valence-electron chi connectivity index (χ4n) is 1.95. The molecule has 1 aromatic carbocycles. The summed E-state index contributed by atoms with van der Waals surface area (Å²) in [4.78, 5) is 0. The van der Waals surface area contributed by atoms with Crippen LogP contribution in [0.15, 0.2) is 24.4 Å². The Hall–Kier alpha value is -1.09. The molecule has 0 aliphatic heterocycles. The molecule has 0 amide bonds. The number of phenolic OH excluding ortho intramolecular Hbond substituents is 1. The Kier molecular flexibility index (Phi) is 3.44. The Bertz CT molecular complexity index is 490. The normalized spacial score (nSPS) is 11.1. The van der Waals surface area contributed by atoms with Crippen LogP contribution < -0.4 is 0 Å². The van der Waals surface area contributed by atoms with Crippen molar-refractivity contribution in [3.8, 4) is 5.75 Å². The van der Waals surface area contributed by atoms with Crippen molar-refractivity contribution in [2.75, 3.05) is 5.75 Å². The van der Waals surface area contributed by atoms with Gasteiger partial charge in [-0.1, -0.05) is 6.92 Å². The standard InChI is InChI=1S/C13H17NOS/c1-3-14-8-10(9-16-4-2)12-7-11(15)5-6-13(12)14/h5-8,15H,3-4,9H2,1-2H3. The minimum atomic E-state index is 0.351. The highest BCUT2D eigenvalue weighted by molar-refractivity contribution is 7.98. The van der Waals surface area contributed by atoms with Gasteiger partial charge in [-0.15, -0.1) is 0 Å². The SMILES string of the molecule is CCSCc1cn(CC)c2ccc(O)cc12. The summed E-state index contributed by atoms with van der Waals surface area (Å²) in [6, 6.07) is 5.62. The molecule has 0 aliphatic carbocycles. The van der Waals surface area contributed by atoms with Gasteiger partial charge in [-0.05, 0) is 36.4 Å². The lowest BCUT2D eigenvalue weighted by Crippen LogP contribution is -1.89. The summed E-state index contributed by atoms with van der Waals surface area (Å²) in [6.45, 7) is 5.28. The second kappa shape index (κ2) is 4.83. The van der Waals surface area contributed by atoms with Gasteiger partial charge >= 0.3 is 0 Å². The van der Waals surface area contributed by atoms with Crippen molar-refractivity contribution in [2.24, 2.45) is 0 Å². The zero-order chi connectivity index (χ0) is 11.5. The van der Waals surface area contributed by atoms with Gasteiger partial charge in [0.15, 0.2) is 0 Å². The van der Waals surface area contributed by atoms with Crippen LogP contribution in [0.25, 0.3) is 10.9 Å². The molecule has 2 rings (SSSR count). The van der Waals surface area contributed by atoms with Crippen LogP contribution in [0.3, 0.4) is 0 Å². The van der Waals surface area contributed by atoms with E-state index in [1.807, 2.05) is 23.9 Å². The maximum atomic E-state index is 9.55. The molecule has 0 saturated carbocycles. The van der Waals surface area contributed by atoms with Crippen LogP contribution in [0.4, 0.5) is 0 Å². The second-order valence-corrected chi connectivity index (χ2v) is 5.05. The van der Waals surface area contributed by atoms with E-state index in [2.05, 4.69) is 24.6 Å². The Morgan fingerprint density at radius 3 is 2.81 bits per heavy atom. The summed E-state index contributed by atoms with van der Waals surface area (Å²) >= 11 is 1.91. The predicted molar refractivity (Wildman–Crippen MR) is 71.1 cm³/mol. The molecule has 2 nitrogen and oxygen atoms in total. The van der Waals surface area contributed by atoms with Gasteiger partial charge in [-0.3, -0.25) is 0 Å². The third kappa shape index (κ3) is 2.05. The molecule has 0 bridgehead atoms. The smallest absolute Gasteiger partial charge is 0.116 e. The first-order valence-corrected chi connectivity index (χ1v) is 6.80. The number of hydrogen-bond donors (Lipinski definition) is 1. The number of phenols is 1. The topological polar surface area (TPSA) is 25.2 Å². The molecule has 2 aromatic rings. The summed E-state index contributed by atoms with van der Waals surface area (Å²) in [5, 5.41) is 10.7. The highest BCUT2D eigenvalue weighted by Gasteiger charge is 2.07. The average Bonchev–Trinajstić information content (AvgIpc) is 2.64. The molecule has 0 unspecified atom stereocenters. The molecule has 1 N–H and O–H groups in total. The van der Waals surface area contributed by atoms with E-state index in [1.54, 1.807) is 6.07 Å². The Morgan fingerprint density at radius 2 is 2.12 bits per heavy atom. The van der Waals surface area contributed by atoms with E-state index in [0.29, 0.717) is 5.75 Å². The quantitative estimate of drug-likeness (QED) is 0.875. The van der Waals surface area contributed by atoms with Gasteiger partial charge in [0.1, 0.15) is 5.75 Å². The predicted octanol–water partition coefficient (Wildman–Crippen LogP) is 3.62. The molecular formula is C13H17NOS. The summed E-state index contributed by atoms with van der Waals surface area (Å²) in [6.07, 6.45) is 2.20. The van der Waals surface area contributed by atoms with Crippen molar-refractivity contribution in [1.82, 2.24) is 4.57 Å². The van der Waals surface area contributed by atoms with Gasteiger partial charge < -0.3 is 9.67 Å². The minimum Gasteiger partial charge on any atom is -0.508 e. The monoisotopic (exact) mass is 235 g/mol. The molecule has 0 atom stereocenters. The number of hydrogen-bond acceptors (Lipinski definition) is 2. The van der Waals surface area contributed by atoms with Crippen molar-refractivity contribution in [3.63, 3.8) is 0 Å². The first kappa shape index (κ1) is 11.4. The van der Waals surface area contributed by atoms with Gasteiger partial charge in [0.2, 0.25) is 0 Å². The molecular weight excluding hydrogens is 218 g/mol. The fourth-order valence-corrected chi connectivity index (χ4v) is 2.60. The van der Waals surface area contributed by atoms with Crippen molar-refractivity contribution in [2.45, 2.75) is 26.1 Å². The van der Waals surface area contributed by atoms with Crippen molar-refractivity contribution < 1.29 is 5.11 Å². The van der Waals surface area contributed by atoms with Crippen molar-refractivity contribution in [1.29, 1.82) is 0 Å². The molecule has 0 fully saturated rings. The van der Waals surface area contributed by atoms with Crippen LogP contribution >= 0.6 is 11.8 Å². The van der Waals surface area contributed by atoms with Crippen LogP contribution in [0.2, 0.25) is 0 Å². The lowest BCUT2D eigenvalue weighted by molar-refractivity contribution is 0.476. The van der Waals surface area contributed by atoms with E-state index in [4.69, 9.17) is 0 Å². The van der Waals surface area contributed by atoms with Crippen LogP contribution in [0, 0.1) is 0 Å². The average molecular weight is 235 g/mol. The molecule has 3 heteroatoms. The molecule has 86 valence electrons. The van der Waals surface area contributed by atoms with Crippen LogP contribution in [0.1, 0.15) is 19.4 Å². The number of aromatic nitrogens is 1. The van der Waals surface area contributed by atoms with Gasteiger partial charge in [0.25, 0.3) is 0 Å². The number of thioether (sulfide) groups is 1. The Labute approximate surface area is 100 Å². The summed E-state index contributed by atoms with van der Waals surface area (Å²) in [7, 11) is 0. The van der Waals surface area contributed by atoms with E-state index >= 15 is 0 Å². The van der Waals surface area contributed by atoms with Gasteiger partial charge in [-0.2, -0.15) is 11.8 Å². The first-order valence-electron chi connectivity index (χ1n) is 5.64. The van der Waals surface area contributed by atoms with Gasteiger partial charge in [0, 0.05) is 29.4 Å². The number of rotatable bonds is 4. The molecule has 0 spiro atoms. The number of fused-ring (bicyclic) bond motifs is 1. The zero-order valence-electron chi connectivity index (χ0n) is 9.73. The number of nitrogens with zero attached hydrogens (tertiary/aromatic N) is 1. The Balaban J connectivity index is 2.50. The maximum absolute atomic E-state index is 9.55. The molecule has 0 radical (unpaired) electrons. The molecule has 0 aliphatic rings. The highest BCUT2D eigenvalue weighted by Crippen LogP contribution is 2.28. The van der Waals surface area contributed by atoms with E-state index in [0.717, 1.165) is 18.1 Å². The Morgan fingerprint density at radius 1 is 1.31 bits per heavy atom. The van der Waals surface area contributed by atoms with Gasteiger partial charge in [-0.25, -0.2) is 0 Å². The molecule has 1 aromatic heterocycles. The third-order valence-corrected chi connectivity index (χ3v) is 3.67. The number of benzene rings is 1. The lowest BCUT2D eigenvalue weighted by Gasteiger charge is -1.99. The minimum absolute atomic E-state index is 0.351. The van der Waals surface area contributed by atoms with Crippen molar-refractivity contribution in [3.05, 3.63) is 30.0 Å². The largest absolute Gasteiger partial charge is 0.508 e. The zero-order valence-corrected chi connectivity index (χ0v) is 10.5.